The molecule has 1 fully saturated rings. The van der Waals surface area contributed by atoms with E-state index in [0.717, 1.165) is 87.2 Å². The summed E-state index contributed by atoms with van der Waals surface area (Å²) in [4.78, 5) is 46.3. The van der Waals surface area contributed by atoms with Crippen LogP contribution in [0.1, 0.15) is 91.9 Å². The van der Waals surface area contributed by atoms with E-state index in [9.17, 15) is 19.2 Å². The lowest BCUT2D eigenvalue weighted by atomic mass is 9.72. The minimum Gasteiger partial charge on any atom is -0.288 e. The highest BCUT2D eigenvalue weighted by Gasteiger charge is 2.28. The van der Waals surface area contributed by atoms with E-state index in [1.54, 1.807) is 27.7 Å². The van der Waals surface area contributed by atoms with Crippen molar-refractivity contribution in [3.05, 3.63) is 6.92 Å². The lowest BCUT2D eigenvalue weighted by Crippen LogP contribution is -2.24. The molecule has 0 saturated heterocycles. The average Bonchev–Trinajstić information content (AvgIpc) is 2.76. The Morgan fingerprint density at radius 3 is 0.917 bits per heavy atom. The van der Waals surface area contributed by atoms with Crippen LogP contribution in [0.3, 0.4) is 0 Å². The van der Waals surface area contributed by atoms with Crippen LogP contribution in [0, 0.1) is 36.5 Å². The molecule has 0 aromatic heterocycles. The number of hydrogen-bond donors (Lipinski definition) is 0. The molecule has 4 unspecified atom stereocenters. The number of thioether (sulfide) groups is 4. The van der Waals surface area contributed by atoms with Crippen LogP contribution < -0.4 is 0 Å². The van der Waals surface area contributed by atoms with Crippen molar-refractivity contribution in [2.45, 2.75) is 91.9 Å². The molecule has 1 aliphatic carbocycles. The van der Waals surface area contributed by atoms with Crippen molar-refractivity contribution < 1.29 is 19.2 Å². The second-order valence-electron chi connectivity index (χ2n) is 10.3. The van der Waals surface area contributed by atoms with Crippen LogP contribution in [0.5, 0.6) is 0 Å². The maximum atomic E-state index is 11.6. The zero-order valence-electron chi connectivity index (χ0n) is 22.8. The normalized spacial score (nSPS) is 25.3. The van der Waals surface area contributed by atoms with Gasteiger partial charge in [-0.1, -0.05) is 60.4 Å². The molecule has 1 rings (SSSR count). The summed E-state index contributed by atoms with van der Waals surface area (Å²) in [6.45, 7) is 10.9. The summed E-state index contributed by atoms with van der Waals surface area (Å²) in [5, 5.41) is 0.728. The Kier molecular flexibility index (Phi) is 19.0. The molecule has 1 radical (unpaired) electrons. The molecule has 0 heterocycles. The zero-order valence-corrected chi connectivity index (χ0v) is 26.0. The summed E-state index contributed by atoms with van der Waals surface area (Å²) in [5.41, 5.74) is 0. The van der Waals surface area contributed by atoms with Crippen molar-refractivity contribution >= 4 is 67.5 Å². The van der Waals surface area contributed by atoms with E-state index in [2.05, 4.69) is 6.92 Å². The minimum absolute atomic E-state index is 0.179. The van der Waals surface area contributed by atoms with Crippen molar-refractivity contribution in [1.29, 1.82) is 0 Å². The number of carbonyl (C=O) groups is 4. The van der Waals surface area contributed by atoms with Gasteiger partial charge in [0.15, 0.2) is 20.5 Å². The Morgan fingerprint density at radius 1 is 0.500 bits per heavy atom. The zero-order chi connectivity index (χ0) is 26.9. The molecule has 0 aliphatic heterocycles. The van der Waals surface area contributed by atoms with Gasteiger partial charge >= 0.3 is 0 Å². The second-order valence-corrected chi connectivity index (χ2v) is 15.4. The molecule has 0 spiro atoms. The van der Waals surface area contributed by atoms with Gasteiger partial charge in [-0.2, -0.15) is 0 Å². The van der Waals surface area contributed by atoms with Crippen LogP contribution in [-0.2, 0) is 19.2 Å². The number of hydrogen-bond acceptors (Lipinski definition) is 8. The van der Waals surface area contributed by atoms with Gasteiger partial charge < -0.3 is 0 Å². The third-order valence-electron chi connectivity index (χ3n) is 7.07. The summed E-state index contributed by atoms with van der Waals surface area (Å²) in [7, 11) is 0. The Bertz CT molecular complexity index is 630. The fraction of sp³-hybridized carbons (Fsp3) is 0.821. The van der Waals surface area contributed by atoms with E-state index in [-0.39, 0.29) is 20.5 Å². The molecule has 5 atom stereocenters. The van der Waals surface area contributed by atoms with E-state index < -0.39 is 0 Å². The molecule has 36 heavy (non-hydrogen) atoms. The fourth-order valence-corrected chi connectivity index (χ4v) is 8.45. The number of rotatable bonds is 13. The summed E-state index contributed by atoms with van der Waals surface area (Å²) in [6.07, 6.45) is 10.8. The van der Waals surface area contributed by atoms with Crippen molar-refractivity contribution in [1.82, 2.24) is 0 Å². The standard InChI is InChI=1S/C28H47O4S4/c1-6-24-15-25(7-11-33-20(2)29)17-27(9-13-35-22(4)31)19-28(10-14-36-23(5)32)18-26(16-24)8-12-34-21(3)30/h24-28H,1,6-19H2,2-5H3/t24?,25?,26?,27-,28?/m0/s1. The first-order valence-electron chi connectivity index (χ1n) is 13.4. The van der Waals surface area contributed by atoms with Crippen molar-refractivity contribution in [3.8, 4) is 0 Å². The van der Waals surface area contributed by atoms with E-state index in [4.69, 9.17) is 0 Å². The molecule has 0 bridgehead atoms. The van der Waals surface area contributed by atoms with Gasteiger partial charge in [0.1, 0.15) is 0 Å². The lowest BCUT2D eigenvalue weighted by molar-refractivity contribution is -0.109. The molecule has 0 aromatic carbocycles. The summed E-state index contributed by atoms with van der Waals surface area (Å²) in [5.74, 6) is 6.25. The SMILES string of the molecule is [CH2]CC1CC(CCSC(C)=O)CC(CCSC(C)=O)C[C@@H](CCSC(C)=O)CC(CCSC(C)=O)C1. The lowest BCUT2D eigenvalue weighted by Gasteiger charge is -2.35. The van der Waals surface area contributed by atoms with E-state index in [0.29, 0.717) is 29.6 Å². The average molecular weight is 576 g/mol. The molecule has 8 heteroatoms. The molecule has 1 saturated carbocycles. The maximum Gasteiger partial charge on any atom is 0.185 e. The van der Waals surface area contributed by atoms with E-state index in [1.807, 2.05) is 0 Å². The third-order valence-corrected chi connectivity index (χ3v) is 10.5. The van der Waals surface area contributed by atoms with Gasteiger partial charge in [0.2, 0.25) is 0 Å². The summed E-state index contributed by atoms with van der Waals surface area (Å²) in [6, 6.07) is 0. The van der Waals surface area contributed by atoms with Gasteiger partial charge in [-0.05, 0) is 87.4 Å². The monoisotopic (exact) mass is 575 g/mol. The largest absolute Gasteiger partial charge is 0.288 e. The van der Waals surface area contributed by atoms with Crippen LogP contribution in [0.15, 0.2) is 0 Å². The quantitative estimate of drug-likeness (QED) is 0.219. The molecular formula is C28H47O4S4. The molecule has 0 amide bonds. The van der Waals surface area contributed by atoms with Gasteiger partial charge in [-0.25, -0.2) is 0 Å². The topological polar surface area (TPSA) is 68.3 Å². The van der Waals surface area contributed by atoms with Crippen molar-refractivity contribution in [2.24, 2.45) is 29.6 Å². The molecule has 207 valence electrons. The van der Waals surface area contributed by atoms with Gasteiger partial charge in [0.05, 0.1) is 0 Å². The van der Waals surface area contributed by atoms with Crippen LogP contribution >= 0.6 is 47.0 Å². The fourth-order valence-electron chi connectivity index (χ4n) is 5.49. The van der Waals surface area contributed by atoms with Gasteiger partial charge in [0.25, 0.3) is 0 Å². The predicted molar refractivity (Wildman–Crippen MR) is 162 cm³/mol. The molecule has 0 N–H and O–H groups in total. The summed E-state index contributed by atoms with van der Waals surface area (Å²) >= 11 is 5.73. The van der Waals surface area contributed by atoms with Gasteiger partial charge in [0, 0.05) is 50.7 Å². The number of carbonyl (C=O) groups excluding carboxylic acids is 4. The molecule has 0 aromatic rings. The van der Waals surface area contributed by atoms with Crippen LogP contribution in [-0.4, -0.2) is 43.5 Å². The Balaban J connectivity index is 3.08. The Hall–Kier alpha value is 0.0800. The first-order valence-corrected chi connectivity index (χ1v) is 17.4. The van der Waals surface area contributed by atoms with Crippen LogP contribution in [0.25, 0.3) is 0 Å². The predicted octanol–water partition coefficient (Wildman–Crippen LogP) is 7.93. The van der Waals surface area contributed by atoms with Crippen molar-refractivity contribution in [2.75, 3.05) is 23.0 Å². The van der Waals surface area contributed by atoms with E-state index >= 15 is 0 Å². The Morgan fingerprint density at radius 2 is 0.722 bits per heavy atom. The highest BCUT2D eigenvalue weighted by Crippen LogP contribution is 2.40. The van der Waals surface area contributed by atoms with Gasteiger partial charge in [-0.15, -0.1) is 0 Å². The first kappa shape index (κ1) is 34.1. The first-order chi connectivity index (χ1) is 17.1. The Labute approximate surface area is 237 Å². The third kappa shape index (κ3) is 17.6. The second kappa shape index (κ2) is 20.0. The molecule has 1 aliphatic rings. The smallest absolute Gasteiger partial charge is 0.185 e. The summed E-state index contributed by atoms with van der Waals surface area (Å²) < 4.78 is 0. The van der Waals surface area contributed by atoms with Crippen LogP contribution in [0.2, 0.25) is 0 Å². The molecule has 4 nitrogen and oxygen atoms in total. The highest BCUT2D eigenvalue weighted by atomic mass is 32.2. The van der Waals surface area contributed by atoms with E-state index in [1.165, 1.54) is 47.0 Å². The van der Waals surface area contributed by atoms with Crippen molar-refractivity contribution in [3.63, 3.8) is 0 Å². The van der Waals surface area contributed by atoms with Gasteiger partial charge in [-0.3, -0.25) is 19.2 Å². The highest BCUT2D eigenvalue weighted by molar-refractivity contribution is 8.14. The van der Waals surface area contributed by atoms with Crippen LogP contribution in [0.4, 0.5) is 0 Å². The minimum atomic E-state index is 0.179. The maximum absolute atomic E-state index is 11.6. The molecular weight excluding hydrogens is 529 g/mol.